The number of rotatable bonds is 3. The number of fused-ring (bicyclic) bond motifs is 1. The van der Waals surface area contributed by atoms with Gasteiger partial charge in [0.1, 0.15) is 11.6 Å². The van der Waals surface area contributed by atoms with Crippen LogP contribution < -0.4 is 5.48 Å². The van der Waals surface area contributed by atoms with Gasteiger partial charge in [0.25, 0.3) is 5.91 Å². The highest BCUT2D eigenvalue weighted by Crippen LogP contribution is 2.41. The molecule has 2 N–H and O–H groups in total. The van der Waals surface area contributed by atoms with Crippen molar-refractivity contribution in [1.82, 2.24) is 15.4 Å². The van der Waals surface area contributed by atoms with Gasteiger partial charge in [-0.05, 0) is 60.4 Å². The van der Waals surface area contributed by atoms with Crippen molar-refractivity contribution in [2.24, 2.45) is 0 Å². The van der Waals surface area contributed by atoms with Crippen LogP contribution in [0.3, 0.4) is 0 Å². The average molecular weight is 381 g/mol. The first-order valence-corrected chi connectivity index (χ1v) is 8.75. The van der Waals surface area contributed by atoms with Gasteiger partial charge in [-0.1, -0.05) is 12.1 Å². The molecule has 3 aromatic rings. The lowest BCUT2D eigenvalue weighted by Crippen LogP contribution is -2.44. The van der Waals surface area contributed by atoms with E-state index in [9.17, 15) is 18.8 Å². The Bertz CT molecular complexity index is 1070. The molecule has 0 aliphatic heterocycles. The molecule has 7 heteroatoms. The largest absolute Gasteiger partial charge is 0.289 e. The van der Waals surface area contributed by atoms with E-state index in [-0.39, 0.29) is 18.7 Å². The monoisotopic (exact) mass is 381 g/mol. The van der Waals surface area contributed by atoms with Crippen molar-refractivity contribution in [3.63, 3.8) is 0 Å². The number of halogens is 2. The zero-order valence-electron chi connectivity index (χ0n) is 15.0. The number of amides is 1. The molecule has 142 valence electrons. The van der Waals surface area contributed by atoms with Gasteiger partial charge in [-0.2, -0.15) is 0 Å². The van der Waals surface area contributed by atoms with Gasteiger partial charge in [-0.25, -0.2) is 24.2 Å². The lowest BCUT2D eigenvalue weighted by molar-refractivity contribution is -0.135. The van der Waals surface area contributed by atoms with Gasteiger partial charge in [-0.15, -0.1) is 0 Å². The number of hydrogen-bond acceptors (Lipinski definition) is 4. The van der Waals surface area contributed by atoms with E-state index in [1.165, 1.54) is 18.2 Å². The Labute approximate surface area is 160 Å². The topological polar surface area (TPSA) is 75.1 Å². The van der Waals surface area contributed by atoms with Crippen LogP contribution in [-0.4, -0.2) is 21.1 Å². The summed E-state index contributed by atoms with van der Waals surface area (Å²) in [7, 11) is 0. The highest BCUT2D eigenvalue weighted by Gasteiger charge is 2.47. The van der Waals surface area contributed by atoms with E-state index in [1.807, 2.05) is 0 Å². The summed E-state index contributed by atoms with van der Waals surface area (Å²) in [4.78, 5) is 21.6. The summed E-state index contributed by atoms with van der Waals surface area (Å²) in [5, 5.41) is 9.35. The van der Waals surface area contributed by atoms with Crippen LogP contribution in [0, 0.1) is 18.6 Å². The normalized spacial score (nSPS) is 18.0. The molecular weight excluding hydrogens is 364 g/mol. The van der Waals surface area contributed by atoms with Crippen molar-refractivity contribution in [3.05, 3.63) is 82.7 Å². The molecule has 1 atom stereocenters. The second kappa shape index (κ2) is 6.76. The Morgan fingerprint density at radius 3 is 2.61 bits per heavy atom. The highest BCUT2D eigenvalue weighted by molar-refractivity contribution is 5.89. The predicted octanol–water partition coefficient (Wildman–Crippen LogP) is 3.27. The van der Waals surface area contributed by atoms with Gasteiger partial charge in [-0.3, -0.25) is 10.0 Å². The maximum atomic E-state index is 14.2. The molecule has 1 amide bonds. The highest BCUT2D eigenvalue weighted by atomic mass is 19.1. The van der Waals surface area contributed by atoms with E-state index in [0.717, 1.165) is 5.56 Å². The van der Waals surface area contributed by atoms with Gasteiger partial charge in [0.2, 0.25) is 0 Å². The zero-order valence-corrected chi connectivity index (χ0v) is 15.0. The van der Waals surface area contributed by atoms with Crippen LogP contribution in [0.25, 0.3) is 11.4 Å². The van der Waals surface area contributed by atoms with Crippen molar-refractivity contribution in [2.75, 3.05) is 0 Å². The molecule has 5 nitrogen and oxygen atoms in total. The number of nitrogens with zero attached hydrogens (tertiary/aromatic N) is 2. The maximum absolute atomic E-state index is 14.2. The number of carbonyl (C=O) groups excluding carboxylic acids is 1. The van der Waals surface area contributed by atoms with Crippen molar-refractivity contribution in [1.29, 1.82) is 0 Å². The Morgan fingerprint density at radius 1 is 1.14 bits per heavy atom. The van der Waals surface area contributed by atoms with Crippen LogP contribution in [0.4, 0.5) is 8.78 Å². The minimum Gasteiger partial charge on any atom is -0.289 e. The van der Waals surface area contributed by atoms with Crippen LogP contribution >= 0.6 is 0 Å². The van der Waals surface area contributed by atoms with Crippen LogP contribution in [0.5, 0.6) is 0 Å². The number of hydroxylamine groups is 1. The van der Waals surface area contributed by atoms with E-state index >= 15 is 0 Å². The third-order valence-electron chi connectivity index (χ3n) is 5.34. The lowest BCUT2D eigenvalue weighted by Gasteiger charge is -2.28. The fourth-order valence-electron chi connectivity index (χ4n) is 3.86. The Balaban J connectivity index is 1.79. The third-order valence-corrected chi connectivity index (χ3v) is 5.34. The van der Waals surface area contributed by atoms with Crippen molar-refractivity contribution in [2.45, 2.75) is 25.2 Å². The van der Waals surface area contributed by atoms with E-state index < -0.39 is 17.1 Å². The molecule has 1 aromatic heterocycles. The summed E-state index contributed by atoms with van der Waals surface area (Å²) >= 11 is 0. The van der Waals surface area contributed by atoms with Gasteiger partial charge in [0.05, 0.1) is 5.41 Å². The first-order chi connectivity index (χ1) is 13.4. The number of hydrogen-bond donors (Lipinski definition) is 2. The molecule has 0 saturated carbocycles. The lowest BCUT2D eigenvalue weighted by atomic mass is 9.75. The van der Waals surface area contributed by atoms with Crippen LogP contribution in [0.1, 0.15) is 22.4 Å². The molecule has 0 fully saturated rings. The van der Waals surface area contributed by atoms with Crippen molar-refractivity contribution >= 4 is 5.91 Å². The summed E-state index contributed by atoms with van der Waals surface area (Å²) in [5.74, 6) is -0.987. The molecule has 1 unspecified atom stereocenters. The second-order valence-electron chi connectivity index (χ2n) is 6.96. The Kier molecular flexibility index (Phi) is 4.39. The van der Waals surface area contributed by atoms with E-state index in [4.69, 9.17) is 0 Å². The molecule has 1 aliphatic rings. The Hall–Kier alpha value is -3.19. The van der Waals surface area contributed by atoms with Gasteiger partial charge in [0.15, 0.2) is 5.82 Å². The predicted molar refractivity (Wildman–Crippen MR) is 97.6 cm³/mol. The number of benzene rings is 2. The second-order valence-corrected chi connectivity index (χ2v) is 6.96. The minimum atomic E-state index is -1.18. The van der Waals surface area contributed by atoms with Gasteiger partial charge < -0.3 is 0 Å². The first kappa shape index (κ1) is 18.2. The summed E-state index contributed by atoms with van der Waals surface area (Å²) in [6, 6.07) is 10.4. The summed E-state index contributed by atoms with van der Waals surface area (Å²) in [6.45, 7) is 1.61. The molecule has 0 spiro atoms. The molecule has 0 bridgehead atoms. The Morgan fingerprint density at radius 2 is 1.89 bits per heavy atom. The molecule has 1 heterocycles. The molecular formula is C21H17F2N3O2. The van der Waals surface area contributed by atoms with Crippen molar-refractivity contribution in [3.8, 4) is 11.4 Å². The van der Waals surface area contributed by atoms with E-state index in [1.54, 1.807) is 42.9 Å². The first-order valence-electron chi connectivity index (χ1n) is 8.75. The van der Waals surface area contributed by atoms with Crippen molar-refractivity contribution < 1.29 is 18.8 Å². The number of nitrogens with one attached hydrogen (secondary N) is 1. The maximum Gasteiger partial charge on any atom is 0.254 e. The molecule has 0 radical (unpaired) electrons. The molecule has 1 aliphatic carbocycles. The van der Waals surface area contributed by atoms with Gasteiger partial charge >= 0.3 is 0 Å². The van der Waals surface area contributed by atoms with Crippen LogP contribution in [-0.2, 0) is 23.1 Å². The van der Waals surface area contributed by atoms with E-state index in [0.29, 0.717) is 28.2 Å². The van der Waals surface area contributed by atoms with Gasteiger partial charge in [0, 0.05) is 23.9 Å². The average Bonchev–Trinajstić information content (AvgIpc) is 3.09. The fourth-order valence-corrected chi connectivity index (χ4v) is 3.86. The smallest absolute Gasteiger partial charge is 0.254 e. The standard InChI is InChI=1S/C21H17F2N3O2/c1-12-16(3-2-4-17(12)23)21(20(27)26-28)9-14-11-24-19(25-18(14)10-21)13-5-7-15(22)8-6-13/h2-8,11,28H,9-10H2,1H3,(H,26,27). The summed E-state index contributed by atoms with van der Waals surface area (Å²) in [5.41, 5.74) is 3.44. The SMILES string of the molecule is Cc1c(F)cccc1C1(C(=O)NO)Cc2cnc(-c3ccc(F)cc3)nc2C1. The summed E-state index contributed by atoms with van der Waals surface area (Å²) < 4.78 is 27.3. The molecule has 0 saturated heterocycles. The minimum absolute atomic E-state index is 0.190. The molecule has 28 heavy (non-hydrogen) atoms. The summed E-state index contributed by atoms with van der Waals surface area (Å²) in [6.07, 6.45) is 2.06. The third kappa shape index (κ3) is 2.84. The van der Waals surface area contributed by atoms with Crippen LogP contribution in [0.2, 0.25) is 0 Å². The van der Waals surface area contributed by atoms with E-state index in [2.05, 4.69) is 9.97 Å². The molecule has 2 aromatic carbocycles. The molecule has 4 rings (SSSR count). The van der Waals surface area contributed by atoms with Crippen LogP contribution in [0.15, 0.2) is 48.7 Å². The zero-order chi connectivity index (χ0) is 19.9. The number of carbonyl (C=O) groups is 1. The fraction of sp³-hybridized carbons (Fsp3) is 0.190. The number of aromatic nitrogens is 2. The quantitative estimate of drug-likeness (QED) is 0.539.